The van der Waals surface area contributed by atoms with Crippen molar-refractivity contribution in [1.82, 2.24) is 0 Å². The zero-order chi connectivity index (χ0) is 18.5. The summed E-state index contributed by atoms with van der Waals surface area (Å²) in [5.74, 6) is 0.345. The van der Waals surface area contributed by atoms with E-state index >= 15 is 0 Å². The monoisotopic (exact) mass is 379 g/mol. The molecule has 1 atom stereocenters. The summed E-state index contributed by atoms with van der Waals surface area (Å²) < 4.78 is 5.28. The fourth-order valence-electron chi connectivity index (χ4n) is 4.06. The summed E-state index contributed by atoms with van der Waals surface area (Å²) in [5, 5.41) is 3.74. The van der Waals surface area contributed by atoms with Gasteiger partial charge in [0, 0.05) is 4.88 Å². The summed E-state index contributed by atoms with van der Waals surface area (Å²) in [5.41, 5.74) is 1.71. The van der Waals surface area contributed by atoms with Crippen LogP contribution >= 0.6 is 11.3 Å². The molecule has 5 nitrogen and oxygen atoms in total. The highest BCUT2D eigenvalue weighted by atomic mass is 32.1. The van der Waals surface area contributed by atoms with Crippen molar-refractivity contribution in [3.05, 3.63) is 16.0 Å². The Morgan fingerprint density at radius 3 is 2.65 bits per heavy atom. The Morgan fingerprint density at radius 1 is 1.23 bits per heavy atom. The molecule has 0 bridgehead atoms. The molecule has 0 saturated carbocycles. The minimum atomic E-state index is -0.294. The summed E-state index contributed by atoms with van der Waals surface area (Å²) in [4.78, 5) is 27.7. The van der Waals surface area contributed by atoms with Gasteiger partial charge in [-0.25, -0.2) is 4.79 Å². The summed E-state index contributed by atoms with van der Waals surface area (Å²) in [6, 6.07) is 0. The van der Waals surface area contributed by atoms with Gasteiger partial charge in [-0.2, -0.15) is 0 Å². The number of esters is 1. The predicted molar refractivity (Wildman–Crippen MR) is 104 cm³/mol. The number of anilines is 1. The van der Waals surface area contributed by atoms with Crippen molar-refractivity contribution < 1.29 is 19.2 Å². The number of carbonyl (C=O) groups excluding carboxylic acids is 2. The standard InChI is InChI=1S/C20H30N2O3S/c1-3-25-20(24)18-15-9-8-14(2)12-16(15)26-19(18)21-17(23)13-22-10-6-4-5-7-11-22/h14H,3-13H2,1-2H3,(H,21,23)/p+1/t14-/m0/s1. The molecule has 1 aromatic rings. The molecule has 1 amide bonds. The van der Waals surface area contributed by atoms with Crippen LogP contribution in [-0.2, 0) is 22.4 Å². The van der Waals surface area contributed by atoms with Crippen LogP contribution in [0, 0.1) is 5.92 Å². The SMILES string of the molecule is CCOC(=O)c1c(NC(=O)C[NH+]2CCCCCC2)sc2c1CC[C@H](C)C2. The van der Waals surface area contributed by atoms with E-state index in [1.807, 2.05) is 6.92 Å². The van der Waals surface area contributed by atoms with Crippen LogP contribution in [0.2, 0.25) is 0 Å². The second-order valence-electron chi connectivity index (χ2n) is 7.67. The smallest absolute Gasteiger partial charge is 0.341 e. The zero-order valence-corrected chi connectivity index (χ0v) is 16.8. The van der Waals surface area contributed by atoms with E-state index in [1.165, 1.54) is 35.5 Å². The van der Waals surface area contributed by atoms with Crippen LogP contribution in [0.25, 0.3) is 0 Å². The number of nitrogens with one attached hydrogen (secondary N) is 2. The highest BCUT2D eigenvalue weighted by Gasteiger charge is 2.29. The molecule has 26 heavy (non-hydrogen) atoms. The van der Waals surface area contributed by atoms with Gasteiger partial charge >= 0.3 is 5.97 Å². The minimum absolute atomic E-state index is 0.0130. The number of quaternary nitrogens is 1. The molecule has 2 heterocycles. The number of amides is 1. The van der Waals surface area contributed by atoms with Crippen molar-refractivity contribution in [3.8, 4) is 0 Å². The summed E-state index contributed by atoms with van der Waals surface area (Å²) in [6.45, 7) is 7.03. The normalized spacial score (nSPS) is 20.9. The third kappa shape index (κ3) is 4.65. The lowest BCUT2D eigenvalue weighted by atomic mass is 9.88. The molecule has 2 aliphatic rings. The van der Waals surface area contributed by atoms with Crippen molar-refractivity contribution in [1.29, 1.82) is 0 Å². The van der Waals surface area contributed by atoms with Crippen LogP contribution < -0.4 is 10.2 Å². The van der Waals surface area contributed by atoms with Gasteiger partial charge in [0.25, 0.3) is 5.91 Å². The number of fused-ring (bicyclic) bond motifs is 1. The van der Waals surface area contributed by atoms with Gasteiger partial charge in [-0.05, 0) is 63.4 Å². The average Bonchev–Trinajstić information content (AvgIpc) is 2.76. The van der Waals surface area contributed by atoms with Crippen molar-refractivity contribution in [2.24, 2.45) is 5.92 Å². The molecule has 0 unspecified atom stereocenters. The lowest BCUT2D eigenvalue weighted by Crippen LogP contribution is -3.12. The Balaban J connectivity index is 1.75. The summed E-state index contributed by atoms with van der Waals surface area (Å²) in [6.07, 6.45) is 7.90. The Kier molecular flexibility index (Phi) is 6.70. The molecule has 0 radical (unpaired) electrons. The summed E-state index contributed by atoms with van der Waals surface area (Å²) >= 11 is 1.57. The molecular weight excluding hydrogens is 348 g/mol. The first kappa shape index (κ1) is 19.4. The van der Waals surface area contributed by atoms with Crippen LogP contribution in [-0.4, -0.2) is 38.1 Å². The van der Waals surface area contributed by atoms with E-state index in [0.29, 0.717) is 29.6 Å². The number of hydrogen-bond donors (Lipinski definition) is 2. The molecule has 144 valence electrons. The van der Waals surface area contributed by atoms with E-state index in [1.54, 1.807) is 11.3 Å². The van der Waals surface area contributed by atoms with Gasteiger partial charge in [-0.1, -0.05) is 6.92 Å². The Bertz CT molecular complexity index is 648. The van der Waals surface area contributed by atoms with Crippen LogP contribution in [0.15, 0.2) is 0 Å². The topological polar surface area (TPSA) is 59.8 Å². The van der Waals surface area contributed by atoms with E-state index in [4.69, 9.17) is 4.74 Å². The van der Waals surface area contributed by atoms with Crippen molar-refractivity contribution >= 4 is 28.2 Å². The Labute approximate surface area is 160 Å². The first-order valence-corrected chi connectivity index (χ1v) is 10.8. The molecule has 1 aliphatic carbocycles. The van der Waals surface area contributed by atoms with Crippen LogP contribution in [0.3, 0.4) is 0 Å². The van der Waals surface area contributed by atoms with Crippen LogP contribution in [0.5, 0.6) is 0 Å². The molecule has 3 rings (SSSR count). The highest BCUT2D eigenvalue weighted by Crippen LogP contribution is 2.40. The predicted octanol–water partition coefficient (Wildman–Crippen LogP) is 2.45. The van der Waals surface area contributed by atoms with Gasteiger partial charge in [-0.15, -0.1) is 11.3 Å². The summed E-state index contributed by atoms with van der Waals surface area (Å²) in [7, 11) is 0. The molecular formula is C20H31N2O3S+. The van der Waals surface area contributed by atoms with Crippen LogP contribution in [0.4, 0.5) is 5.00 Å². The average molecular weight is 380 g/mol. The second-order valence-corrected chi connectivity index (χ2v) is 8.77. The van der Waals surface area contributed by atoms with E-state index in [9.17, 15) is 9.59 Å². The molecule has 0 aromatic carbocycles. The largest absolute Gasteiger partial charge is 0.462 e. The third-order valence-electron chi connectivity index (χ3n) is 5.47. The van der Waals surface area contributed by atoms with E-state index in [2.05, 4.69) is 12.2 Å². The van der Waals surface area contributed by atoms with Gasteiger partial charge in [0.05, 0.1) is 25.3 Å². The molecule has 1 fully saturated rings. The molecule has 1 saturated heterocycles. The van der Waals surface area contributed by atoms with Crippen molar-refractivity contribution in [2.75, 3.05) is 31.6 Å². The number of thiophene rings is 1. The van der Waals surface area contributed by atoms with Crippen molar-refractivity contribution in [2.45, 2.75) is 58.8 Å². The maximum Gasteiger partial charge on any atom is 0.341 e. The quantitative estimate of drug-likeness (QED) is 0.773. The van der Waals surface area contributed by atoms with Gasteiger partial charge < -0.3 is 15.0 Å². The first-order valence-electron chi connectivity index (χ1n) is 10.0. The maximum absolute atomic E-state index is 12.6. The fourth-order valence-corrected chi connectivity index (χ4v) is 5.48. The minimum Gasteiger partial charge on any atom is -0.462 e. The van der Waals surface area contributed by atoms with E-state index < -0.39 is 0 Å². The first-order chi connectivity index (χ1) is 12.6. The molecule has 1 aliphatic heterocycles. The lowest BCUT2D eigenvalue weighted by molar-refractivity contribution is -0.890. The molecule has 2 N–H and O–H groups in total. The van der Waals surface area contributed by atoms with Crippen molar-refractivity contribution in [3.63, 3.8) is 0 Å². The number of hydrogen-bond acceptors (Lipinski definition) is 4. The van der Waals surface area contributed by atoms with Gasteiger partial charge in [0.1, 0.15) is 5.00 Å². The Hall–Kier alpha value is -1.40. The van der Waals surface area contributed by atoms with Gasteiger partial charge in [0.15, 0.2) is 6.54 Å². The molecule has 0 spiro atoms. The highest BCUT2D eigenvalue weighted by molar-refractivity contribution is 7.17. The maximum atomic E-state index is 12.6. The lowest BCUT2D eigenvalue weighted by Gasteiger charge is -2.18. The van der Waals surface area contributed by atoms with Gasteiger partial charge in [-0.3, -0.25) is 4.79 Å². The Morgan fingerprint density at radius 2 is 1.96 bits per heavy atom. The molecule has 1 aromatic heterocycles. The fraction of sp³-hybridized carbons (Fsp3) is 0.700. The zero-order valence-electron chi connectivity index (χ0n) is 16.0. The van der Waals surface area contributed by atoms with Gasteiger partial charge in [0.2, 0.25) is 0 Å². The van der Waals surface area contributed by atoms with Crippen LogP contribution in [0.1, 0.15) is 66.8 Å². The second kappa shape index (κ2) is 9.00. The number of ether oxygens (including phenoxy) is 1. The number of carbonyl (C=O) groups is 2. The van der Waals surface area contributed by atoms with E-state index in [-0.39, 0.29) is 11.9 Å². The number of rotatable bonds is 5. The third-order valence-corrected chi connectivity index (χ3v) is 6.64. The number of likely N-dealkylation sites (tertiary alicyclic amines) is 1. The molecule has 6 heteroatoms. The van der Waals surface area contributed by atoms with E-state index in [0.717, 1.165) is 37.9 Å².